The third kappa shape index (κ3) is 2.25. The molecule has 1 N–H and O–H groups in total. The summed E-state index contributed by atoms with van der Waals surface area (Å²) in [5.41, 5.74) is 6.41. The number of nitrogens with zero attached hydrogens (tertiary/aromatic N) is 1. The molecule has 1 unspecified atom stereocenters. The van der Waals surface area contributed by atoms with Crippen LogP contribution in [0.3, 0.4) is 0 Å². The minimum absolute atomic E-state index is 0.207. The lowest BCUT2D eigenvalue weighted by Crippen LogP contribution is -2.06. The summed E-state index contributed by atoms with van der Waals surface area (Å²) in [5, 5.41) is 0. The predicted octanol–water partition coefficient (Wildman–Crippen LogP) is 4.21. The summed E-state index contributed by atoms with van der Waals surface area (Å²) < 4.78 is 0. The molecule has 0 spiro atoms. The van der Waals surface area contributed by atoms with Crippen LogP contribution < -0.4 is 0 Å². The summed E-state index contributed by atoms with van der Waals surface area (Å²) in [6.07, 6.45) is 3.66. The highest BCUT2D eigenvalue weighted by atomic mass is 14.9. The highest BCUT2D eigenvalue weighted by Gasteiger charge is 2.19. The van der Waals surface area contributed by atoms with Crippen molar-refractivity contribution in [1.82, 2.24) is 9.97 Å². The van der Waals surface area contributed by atoms with E-state index in [0.717, 1.165) is 5.69 Å². The predicted molar refractivity (Wildman–Crippen MR) is 81.9 cm³/mol. The topological polar surface area (TPSA) is 28.7 Å². The Morgan fingerprint density at radius 2 is 1.75 bits per heavy atom. The first-order valence-electron chi connectivity index (χ1n) is 6.86. The van der Waals surface area contributed by atoms with Crippen LogP contribution >= 0.6 is 0 Å². The van der Waals surface area contributed by atoms with Crippen LogP contribution in [-0.4, -0.2) is 9.97 Å². The minimum Gasteiger partial charge on any atom is -0.348 e. The van der Waals surface area contributed by atoms with E-state index in [4.69, 9.17) is 0 Å². The van der Waals surface area contributed by atoms with Gasteiger partial charge in [-0.1, -0.05) is 48.5 Å². The third-order valence-corrected chi connectivity index (χ3v) is 3.92. The second-order valence-corrected chi connectivity index (χ2v) is 5.14. The van der Waals surface area contributed by atoms with Crippen molar-refractivity contribution in [3.8, 4) is 0 Å². The third-order valence-electron chi connectivity index (χ3n) is 3.92. The van der Waals surface area contributed by atoms with Gasteiger partial charge in [-0.25, -0.2) is 4.98 Å². The number of imidazole rings is 1. The second kappa shape index (κ2) is 5.33. The SMILES string of the molecule is Cc1cccc(C(c2ccccc2)c2cnc[nH]2)c1C. The van der Waals surface area contributed by atoms with E-state index < -0.39 is 0 Å². The van der Waals surface area contributed by atoms with Crippen LogP contribution in [0.25, 0.3) is 0 Å². The Labute approximate surface area is 119 Å². The van der Waals surface area contributed by atoms with E-state index in [2.05, 4.69) is 72.3 Å². The van der Waals surface area contributed by atoms with Crippen molar-refractivity contribution < 1.29 is 0 Å². The number of aromatic nitrogens is 2. The fourth-order valence-electron chi connectivity index (χ4n) is 2.68. The smallest absolute Gasteiger partial charge is 0.0922 e. The number of benzene rings is 2. The lowest BCUT2D eigenvalue weighted by atomic mass is 9.85. The van der Waals surface area contributed by atoms with E-state index in [0.29, 0.717) is 0 Å². The largest absolute Gasteiger partial charge is 0.348 e. The molecule has 2 aromatic carbocycles. The highest BCUT2D eigenvalue weighted by Crippen LogP contribution is 2.33. The first-order valence-corrected chi connectivity index (χ1v) is 6.86. The van der Waals surface area contributed by atoms with Crippen molar-refractivity contribution in [3.05, 3.63) is 89.0 Å². The van der Waals surface area contributed by atoms with Crippen molar-refractivity contribution in [3.63, 3.8) is 0 Å². The molecule has 0 radical (unpaired) electrons. The summed E-state index contributed by atoms with van der Waals surface area (Å²) in [4.78, 5) is 7.46. The summed E-state index contributed by atoms with van der Waals surface area (Å²) in [6, 6.07) is 17.1. The summed E-state index contributed by atoms with van der Waals surface area (Å²) in [6.45, 7) is 4.35. The Balaban J connectivity index is 2.19. The van der Waals surface area contributed by atoms with Gasteiger partial charge in [-0.2, -0.15) is 0 Å². The molecule has 2 heteroatoms. The zero-order valence-corrected chi connectivity index (χ0v) is 11.8. The van der Waals surface area contributed by atoms with E-state index in [1.165, 1.54) is 22.3 Å². The van der Waals surface area contributed by atoms with Gasteiger partial charge in [0.15, 0.2) is 0 Å². The zero-order chi connectivity index (χ0) is 13.9. The van der Waals surface area contributed by atoms with Gasteiger partial charge < -0.3 is 4.98 Å². The molecular weight excluding hydrogens is 244 g/mol. The van der Waals surface area contributed by atoms with Crippen LogP contribution in [0.5, 0.6) is 0 Å². The maximum Gasteiger partial charge on any atom is 0.0922 e. The maximum absolute atomic E-state index is 4.19. The van der Waals surface area contributed by atoms with Gasteiger partial charge in [0.2, 0.25) is 0 Å². The van der Waals surface area contributed by atoms with Gasteiger partial charge in [0, 0.05) is 11.9 Å². The quantitative estimate of drug-likeness (QED) is 0.752. The minimum atomic E-state index is 0.207. The van der Waals surface area contributed by atoms with Gasteiger partial charge in [0.1, 0.15) is 0 Å². The Bertz CT molecular complexity index is 685. The molecule has 0 aliphatic heterocycles. The molecule has 0 saturated carbocycles. The second-order valence-electron chi connectivity index (χ2n) is 5.14. The lowest BCUT2D eigenvalue weighted by molar-refractivity contribution is 0.918. The lowest BCUT2D eigenvalue weighted by Gasteiger charge is -2.20. The molecule has 0 aliphatic rings. The van der Waals surface area contributed by atoms with Crippen molar-refractivity contribution in [2.75, 3.05) is 0 Å². The van der Waals surface area contributed by atoms with Crippen LogP contribution in [-0.2, 0) is 0 Å². The van der Waals surface area contributed by atoms with Crippen molar-refractivity contribution in [2.24, 2.45) is 0 Å². The number of nitrogens with one attached hydrogen (secondary N) is 1. The molecule has 0 aliphatic carbocycles. The van der Waals surface area contributed by atoms with Crippen LogP contribution in [0, 0.1) is 13.8 Å². The number of aromatic amines is 1. The normalized spacial score (nSPS) is 12.3. The van der Waals surface area contributed by atoms with Crippen molar-refractivity contribution in [2.45, 2.75) is 19.8 Å². The van der Waals surface area contributed by atoms with Crippen molar-refractivity contribution in [1.29, 1.82) is 0 Å². The standard InChI is InChI=1S/C18H18N2/c1-13-7-6-10-16(14(13)2)18(17-11-19-12-20-17)15-8-4-3-5-9-15/h3-12,18H,1-2H3,(H,19,20). The van der Waals surface area contributed by atoms with Gasteiger partial charge in [-0.05, 0) is 36.1 Å². The Morgan fingerprint density at radius 3 is 2.45 bits per heavy atom. The Kier molecular flexibility index (Phi) is 3.38. The molecule has 3 rings (SSSR count). The highest BCUT2D eigenvalue weighted by molar-refractivity contribution is 5.45. The van der Waals surface area contributed by atoms with Gasteiger partial charge >= 0.3 is 0 Å². The van der Waals surface area contributed by atoms with E-state index in [1.54, 1.807) is 6.33 Å². The average molecular weight is 262 g/mol. The summed E-state index contributed by atoms with van der Waals surface area (Å²) in [7, 11) is 0. The molecule has 0 saturated heterocycles. The van der Waals surface area contributed by atoms with Gasteiger partial charge in [-0.3, -0.25) is 0 Å². The molecule has 3 aromatic rings. The van der Waals surface area contributed by atoms with Crippen LogP contribution in [0.2, 0.25) is 0 Å². The number of aryl methyl sites for hydroxylation is 1. The number of hydrogen-bond acceptors (Lipinski definition) is 1. The maximum atomic E-state index is 4.19. The van der Waals surface area contributed by atoms with Gasteiger partial charge in [-0.15, -0.1) is 0 Å². The van der Waals surface area contributed by atoms with E-state index in [1.807, 2.05) is 6.20 Å². The first-order chi connectivity index (χ1) is 9.77. The van der Waals surface area contributed by atoms with E-state index in [9.17, 15) is 0 Å². The zero-order valence-electron chi connectivity index (χ0n) is 11.8. The summed E-state index contributed by atoms with van der Waals surface area (Å²) >= 11 is 0. The fraction of sp³-hybridized carbons (Fsp3) is 0.167. The average Bonchev–Trinajstić information content (AvgIpc) is 2.99. The molecule has 0 bridgehead atoms. The fourth-order valence-corrected chi connectivity index (χ4v) is 2.68. The molecule has 2 nitrogen and oxygen atoms in total. The Hall–Kier alpha value is -2.35. The van der Waals surface area contributed by atoms with Crippen LogP contribution in [0.4, 0.5) is 0 Å². The van der Waals surface area contributed by atoms with Crippen LogP contribution in [0.1, 0.15) is 33.9 Å². The number of hydrogen-bond donors (Lipinski definition) is 1. The van der Waals surface area contributed by atoms with Gasteiger partial charge in [0.25, 0.3) is 0 Å². The molecule has 100 valence electrons. The van der Waals surface area contributed by atoms with E-state index >= 15 is 0 Å². The molecule has 1 heterocycles. The first kappa shape index (κ1) is 12.7. The molecule has 1 aromatic heterocycles. The molecule has 1 atom stereocenters. The van der Waals surface area contributed by atoms with E-state index in [-0.39, 0.29) is 5.92 Å². The molecule has 0 fully saturated rings. The summed E-state index contributed by atoms with van der Waals surface area (Å²) in [5.74, 6) is 0.207. The van der Waals surface area contributed by atoms with Crippen LogP contribution in [0.15, 0.2) is 61.1 Å². The number of rotatable bonds is 3. The Morgan fingerprint density at radius 1 is 0.950 bits per heavy atom. The van der Waals surface area contributed by atoms with Crippen molar-refractivity contribution >= 4 is 0 Å². The number of H-pyrrole nitrogens is 1. The molecule has 20 heavy (non-hydrogen) atoms. The van der Waals surface area contributed by atoms with Gasteiger partial charge in [0.05, 0.1) is 12.2 Å². The molecule has 0 amide bonds. The molecular formula is C18H18N2. The monoisotopic (exact) mass is 262 g/mol.